The lowest BCUT2D eigenvalue weighted by atomic mass is 10.2. The Labute approximate surface area is 97.5 Å². The molecule has 0 saturated carbocycles. The van der Waals surface area contributed by atoms with Crippen LogP contribution in [0, 0.1) is 6.92 Å². The molecule has 6 nitrogen and oxygen atoms in total. The summed E-state index contributed by atoms with van der Waals surface area (Å²) < 4.78 is 0. The number of carbonyl (C=O) groups is 1. The number of phenolic OH excluding ortho intramolecular Hbond substituents is 1. The van der Waals surface area contributed by atoms with Crippen LogP contribution in [0.3, 0.4) is 0 Å². The molecule has 17 heavy (non-hydrogen) atoms. The Kier molecular flexibility index (Phi) is 2.70. The van der Waals surface area contributed by atoms with Gasteiger partial charge in [0.15, 0.2) is 5.82 Å². The zero-order valence-electron chi connectivity index (χ0n) is 9.19. The zero-order chi connectivity index (χ0) is 12.4. The van der Waals surface area contributed by atoms with Crippen LogP contribution in [-0.4, -0.2) is 21.2 Å². The minimum absolute atomic E-state index is 0.0313. The minimum atomic E-state index is -0.376. The topological polar surface area (TPSA) is 104 Å². The highest BCUT2D eigenvalue weighted by molar-refractivity contribution is 6.05. The summed E-state index contributed by atoms with van der Waals surface area (Å²) in [6.07, 6.45) is 0. The second-order valence-electron chi connectivity index (χ2n) is 3.62. The van der Waals surface area contributed by atoms with Gasteiger partial charge in [0.05, 0.1) is 11.4 Å². The molecule has 1 heterocycles. The number of aromatic hydroxyl groups is 1. The van der Waals surface area contributed by atoms with Gasteiger partial charge in [-0.05, 0) is 25.1 Å². The normalized spacial score (nSPS) is 10.2. The van der Waals surface area contributed by atoms with E-state index in [0.29, 0.717) is 16.9 Å². The number of nitrogens with two attached hydrogens (primary N) is 1. The molecule has 0 atom stereocenters. The summed E-state index contributed by atoms with van der Waals surface area (Å²) in [5.74, 6) is -0.0567. The molecule has 0 unspecified atom stereocenters. The van der Waals surface area contributed by atoms with E-state index in [1.165, 1.54) is 12.1 Å². The van der Waals surface area contributed by atoms with Gasteiger partial charge in [0.2, 0.25) is 0 Å². The van der Waals surface area contributed by atoms with Crippen molar-refractivity contribution in [3.05, 3.63) is 35.5 Å². The predicted molar refractivity (Wildman–Crippen MR) is 63.8 cm³/mol. The summed E-state index contributed by atoms with van der Waals surface area (Å²) in [6, 6.07) is 6.03. The van der Waals surface area contributed by atoms with E-state index in [4.69, 9.17) is 5.73 Å². The van der Waals surface area contributed by atoms with Crippen molar-refractivity contribution >= 4 is 17.4 Å². The first-order valence-corrected chi connectivity index (χ1v) is 4.98. The van der Waals surface area contributed by atoms with Crippen LogP contribution in [0.5, 0.6) is 5.75 Å². The lowest BCUT2D eigenvalue weighted by molar-refractivity contribution is 0.102. The number of aryl methyl sites for hydroxylation is 1. The van der Waals surface area contributed by atoms with Crippen LogP contribution in [-0.2, 0) is 0 Å². The molecule has 0 radical (unpaired) electrons. The Morgan fingerprint density at radius 1 is 1.53 bits per heavy atom. The van der Waals surface area contributed by atoms with Gasteiger partial charge in [-0.3, -0.25) is 9.89 Å². The molecule has 2 aromatic rings. The van der Waals surface area contributed by atoms with Crippen molar-refractivity contribution in [1.82, 2.24) is 10.2 Å². The van der Waals surface area contributed by atoms with Crippen LogP contribution in [0.4, 0.5) is 11.5 Å². The summed E-state index contributed by atoms with van der Waals surface area (Å²) in [5.41, 5.74) is 7.13. The number of hydrogen-bond donors (Lipinski definition) is 4. The Balaban J connectivity index is 2.20. The van der Waals surface area contributed by atoms with Gasteiger partial charge in [0.25, 0.3) is 5.91 Å². The summed E-state index contributed by atoms with van der Waals surface area (Å²) in [4.78, 5) is 11.8. The number of carbonyl (C=O) groups excluding carboxylic acids is 1. The Morgan fingerprint density at radius 2 is 2.29 bits per heavy atom. The number of nitrogens with one attached hydrogen (secondary N) is 2. The van der Waals surface area contributed by atoms with E-state index in [9.17, 15) is 9.90 Å². The van der Waals surface area contributed by atoms with Gasteiger partial charge in [0.1, 0.15) is 5.75 Å². The highest BCUT2D eigenvalue weighted by Crippen LogP contribution is 2.19. The third-order valence-electron chi connectivity index (χ3n) is 2.33. The third-order valence-corrected chi connectivity index (χ3v) is 2.33. The van der Waals surface area contributed by atoms with Crippen molar-refractivity contribution in [2.24, 2.45) is 0 Å². The van der Waals surface area contributed by atoms with Crippen LogP contribution in [0.2, 0.25) is 0 Å². The van der Waals surface area contributed by atoms with E-state index in [2.05, 4.69) is 15.5 Å². The average Bonchev–Trinajstić information content (AvgIpc) is 2.61. The maximum absolute atomic E-state index is 11.8. The van der Waals surface area contributed by atoms with Crippen molar-refractivity contribution in [2.45, 2.75) is 6.92 Å². The molecule has 0 aliphatic rings. The number of nitrogen functional groups attached to an aromatic ring is 1. The highest BCUT2D eigenvalue weighted by atomic mass is 16.3. The number of phenols is 1. The second kappa shape index (κ2) is 4.17. The van der Waals surface area contributed by atoms with Crippen molar-refractivity contribution < 1.29 is 9.90 Å². The molecular weight excluding hydrogens is 220 g/mol. The highest BCUT2D eigenvalue weighted by Gasteiger charge is 2.12. The van der Waals surface area contributed by atoms with E-state index in [0.717, 1.165) is 0 Å². The lowest BCUT2D eigenvalue weighted by Gasteiger charge is -2.03. The molecule has 1 aromatic heterocycles. The summed E-state index contributed by atoms with van der Waals surface area (Å²) in [5, 5.41) is 18.3. The molecule has 0 aliphatic heterocycles. The monoisotopic (exact) mass is 232 g/mol. The Hall–Kier alpha value is -2.50. The van der Waals surface area contributed by atoms with Gasteiger partial charge in [-0.25, -0.2) is 0 Å². The number of benzene rings is 1. The fourth-order valence-corrected chi connectivity index (χ4v) is 1.36. The van der Waals surface area contributed by atoms with Gasteiger partial charge in [0, 0.05) is 5.56 Å². The largest absolute Gasteiger partial charge is 0.508 e. The molecule has 0 fully saturated rings. The van der Waals surface area contributed by atoms with Crippen LogP contribution < -0.4 is 11.1 Å². The van der Waals surface area contributed by atoms with Crippen LogP contribution >= 0.6 is 0 Å². The summed E-state index contributed by atoms with van der Waals surface area (Å²) >= 11 is 0. The first-order chi connectivity index (χ1) is 8.08. The van der Waals surface area contributed by atoms with E-state index in [-0.39, 0.29) is 17.5 Å². The standard InChI is InChI=1S/C11H12N4O2/c1-6-9(12)10(15-14-6)13-11(17)7-3-2-4-8(16)5-7/h2-5,16H,12H2,1H3,(H2,13,14,15,17). The summed E-state index contributed by atoms with van der Waals surface area (Å²) in [7, 11) is 0. The first kappa shape index (κ1) is 11.0. The van der Waals surface area contributed by atoms with Gasteiger partial charge < -0.3 is 16.2 Å². The van der Waals surface area contributed by atoms with Crippen molar-refractivity contribution in [3.63, 3.8) is 0 Å². The van der Waals surface area contributed by atoms with E-state index >= 15 is 0 Å². The molecule has 0 saturated heterocycles. The molecule has 2 rings (SSSR count). The maximum atomic E-state index is 11.8. The molecule has 0 aliphatic carbocycles. The number of hydrogen-bond acceptors (Lipinski definition) is 4. The number of nitrogens with zero attached hydrogens (tertiary/aromatic N) is 1. The summed E-state index contributed by atoms with van der Waals surface area (Å²) in [6.45, 7) is 1.76. The van der Waals surface area contributed by atoms with Crippen molar-refractivity contribution in [1.29, 1.82) is 0 Å². The van der Waals surface area contributed by atoms with Crippen LogP contribution in [0.25, 0.3) is 0 Å². The van der Waals surface area contributed by atoms with Crippen LogP contribution in [0.15, 0.2) is 24.3 Å². The van der Waals surface area contributed by atoms with Gasteiger partial charge in [-0.15, -0.1) is 0 Å². The fraction of sp³-hybridized carbons (Fsp3) is 0.0909. The van der Waals surface area contributed by atoms with E-state index in [1.54, 1.807) is 19.1 Å². The molecule has 0 spiro atoms. The predicted octanol–water partition coefficient (Wildman–Crippen LogP) is 1.26. The Morgan fingerprint density at radius 3 is 2.88 bits per heavy atom. The molecule has 88 valence electrons. The number of rotatable bonds is 2. The Bertz CT molecular complexity index is 562. The van der Waals surface area contributed by atoms with Gasteiger partial charge in [-0.2, -0.15) is 5.10 Å². The molecule has 5 N–H and O–H groups in total. The number of anilines is 2. The third kappa shape index (κ3) is 2.20. The average molecular weight is 232 g/mol. The van der Waals surface area contributed by atoms with Crippen molar-refractivity contribution in [3.8, 4) is 5.75 Å². The van der Waals surface area contributed by atoms with E-state index in [1.807, 2.05) is 0 Å². The van der Waals surface area contributed by atoms with Gasteiger partial charge in [-0.1, -0.05) is 6.07 Å². The van der Waals surface area contributed by atoms with Crippen molar-refractivity contribution in [2.75, 3.05) is 11.1 Å². The number of amides is 1. The molecule has 1 amide bonds. The molecule has 1 aromatic carbocycles. The molecular formula is C11H12N4O2. The SMILES string of the molecule is Cc1[nH]nc(NC(=O)c2cccc(O)c2)c1N. The maximum Gasteiger partial charge on any atom is 0.257 e. The lowest BCUT2D eigenvalue weighted by Crippen LogP contribution is -2.13. The van der Waals surface area contributed by atoms with E-state index < -0.39 is 0 Å². The quantitative estimate of drug-likeness (QED) is 0.625. The zero-order valence-corrected chi connectivity index (χ0v) is 9.19. The number of aromatic amines is 1. The van der Waals surface area contributed by atoms with Gasteiger partial charge >= 0.3 is 0 Å². The van der Waals surface area contributed by atoms with Crippen LogP contribution in [0.1, 0.15) is 16.1 Å². The number of H-pyrrole nitrogens is 1. The second-order valence-corrected chi connectivity index (χ2v) is 3.62. The fourth-order valence-electron chi connectivity index (χ4n) is 1.36. The smallest absolute Gasteiger partial charge is 0.257 e. The first-order valence-electron chi connectivity index (χ1n) is 4.98. The number of aromatic nitrogens is 2. The molecule has 6 heteroatoms. The molecule has 0 bridgehead atoms. The minimum Gasteiger partial charge on any atom is -0.508 e.